The number of carbonyl (C=O) groups is 2. The lowest BCUT2D eigenvalue weighted by atomic mass is 10.1. The Balaban J connectivity index is 1.86. The zero-order valence-corrected chi connectivity index (χ0v) is 16.4. The van der Waals surface area contributed by atoms with Crippen LogP contribution in [0.1, 0.15) is 40.1 Å². The SMILES string of the molecule is Cc1ccc(C(=O)NNC(=S)NC(=O)c2cccc(OCC(C)C)c2)cc1. The molecule has 142 valence electrons. The minimum absolute atomic E-state index is 0.00559. The van der Waals surface area contributed by atoms with Crippen molar-refractivity contribution >= 4 is 29.1 Å². The third-order valence-corrected chi connectivity index (χ3v) is 3.71. The van der Waals surface area contributed by atoms with Gasteiger partial charge in [-0.25, -0.2) is 0 Å². The molecular formula is C20H23N3O3S. The summed E-state index contributed by atoms with van der Waals surface area (Å²) >= 11 is 5.05. The van der Waals surface area contributed by atoms with E-state index in [0.717, 1.165) is 5.56 Å². The number of hydrogen-bond acceptors (Lipinski definition) is 4. The Bertz CT molecular complexity index is 819. The highest BCUT2D eigenvalue weighted by molar-refractivity contribution is 7.80. The number of carbonyl (C=O) groups excluding carboxylic acids is 2. The van der Waals surface area contributed by atoms with Gasteiger partial charge in [-0.05, 0) is 55.4 Å². The second kappa shape index (κ2) is 9.68. The Kier molecular flexibility index (Phi) is 7.31. The van der Waals surface area contributed by atoms with Crippen molar-refractivity contribution in [3.8, 4) is 5.75 Å². The number of benzene rings is 2. The normalized spacial score (nSPS) is 10.2. The summed E-state index contributed by atoms with van der Waals surface area (Å²) in [6.45, 7) is 6.60. The Labute approximate surface area is 164 Å². The molecule has 2 aromatic rings. The average Bonchev–Trinajstić information content (AvgIpc) is 2.65. The van der Waals surface area contributed by atoms with Crippen LogP contribution >= 0.6 is 12.2 Å². The number of nitrogens with one attached hydrogen (secondary N) is 3. The zero-order valence-electron chi connectivity index (χ0n) is 15.5. The number of hydrogen-bond donors (Lipinski definition) is 3. The van der Waals surface area contributed by atoms with Gasteiger partial charge in [-0.1, -0.05) is 37.6 Å². The number of thiocarbonyl (C=S) groups is 1. The molecule has 0 saturated heterocycles. The van der Waals surface area contributed by atoms with Crippen LogP contribution in [0.15, 0.2) is 48.5 Å². The quantitative estimate of drug-likeness (QED) is 0.545. The van der Waals surface area contributed by atoms with Gasteiger partial charge in [-0.3, -0.25) is 25.8 Å². The van der Waals surface area contributed by atoms with Gasteiger partial charge in [-0.15, -0.1) is 0 Å². The third-order valence-electron chi connectivity index (χ3n) is 3.51. The van der Waals surface area contributed by atoms with Crippen molar-refractivity contribution in [2.75, 3.05) is 6.61 Å². The van der Waals surface area contributed by atoms with E-state index in [1.54, 1.807) is 36.4 Å². The molecular weight excluding hydrogens is 362 g/mol. The molecule has 0 spiro atoms. The summed E-state index contributed by atoms with van der Waals surface area (Å²) in [6, 6.07) is 13.9. The summed E-state index contributed by atoms with van der Waals surface area (Å²) in [5.74, 6) is 0.252. The smallest absolute Gasteiger partial charge is 0.269 e. The molecule has 0 bridgehead atoms. The molecule has 0 heterocycles. The van der Waals surface area contributed by atoms with Gasteiger partial charge < -0.3 is 4.74 Å². The van der Waals surface area contributed by atoms with Crippen LogP contribution in [0.5, 0.6) is 5.75 Å². The number of aryl methyl sites for hydroxylation is 1. The first kappa shape index (κ1) is 20.4. The molecule has 27 heavy (non-hydrogen) atoms. The van der Waals surface area contributed by atoms with Crippen LogP contribution in [-0.2, 0) is 0 Å². The standard InChI is InChI=1S/C20H23N3O3S/c1-13(2)12-26-17-6-4-5-16(11-17)18(24)21-20(27)23-22-19(25)15-9-7-14(3)8-10-15/h4-11,13H,12H2,1-3H3,(H,22,25)(H2,21,23,24,27). The summed E-state index contributed by atoms with van der Waals surface area (Å²) in [5.41, 5.74) is 6.92. The Morgan fingerprint density at radius 1 is 1.00 bits per heavy atom. The van der Waals surface area contributed by atoms with Crippen LogP contribution in [0, 0.1) is 12.8 Å². The second-order valence-electron chi connectivity index (χ2n) is 6.46. The number of ether oxygens (including phenoxy) is 1. The molecule has 0 aromatic heterocycles. The van der Waals surface area contributed by atoms with Gasteiger partial charge in [0.05, 0.1) is 6.61 Å². The largest absolute Gasteiger partial charge is 0.493 e. The molecule has 0 aliphatic rings. The Morgan fingerprint density at radius 2 is 1.70 bits per heavy atom. The number of rotatable bonds is 5. The molecule has 0 aliphatic heterocycles. The lowest BCUT2D eigenvalue weighted by Gasteiger charge is -2.12. The maximum Gasteiger partial charge on any atom is 0.269 e. The van der Waals surface area contributed by atoms with E-state index in [1.807, 2.05) is 32.9 Å². The lowest BCUT2D eigenvalue weighted by molar-refractivity contribution is 0.0934. The highest BCUT2D eigenvalue weighted by Crippen LogP contribution is 2.14. The first-order valence-electron chi connectivity index (χ1n) is 8.56. The second-order valence-corrected chi connectivity index (χ2v) is 6.87. The predicted molar refractivity (Wildman–Crippen MR) is 109 cm³/mol. The Hall–Kier alpha value is -2.93. The van der Waals surface area contributed by atoms with Crippen LogP contribution in [-0.4, -0.2) is 23.5 Å². The molecule has 7 heteroatoms. The highest BCUT2D eigenvalue weighted by atomic mass is 32.1. The summed E-state index contributed by atoms with van der Waals surface area (Å²) in [5, 5.41) is 2.51. The van der Waals surface area contributed by atoms with E-state index in [9.17, 15) is 9.59 Å². The number of hydrazine groups is 1. The van der Waals surface area contributed by atoms with Gasteiger partial charge in [0.1, 0.15) is 5.75 Å². The van der Waals surface area contributed by atoms with Gasteiger partial charge in [0.25, 0.3) is 11.8 Å². The third kappa shape index (κ3) is 6.71. The van der Waals surface area contributed by atoms with Crippen LogP contribution in [0.3, 0.4) is 0 Å². The van der Waals surface area contributed by atoms with E-state index >= 15 is 0 Å². The van der Waals surface area contributed by atoms with E-state index in [4.69, 9.17) is 17.0 Å². The van der Waals surface area contributed by atoms with Crippen LogP contribution in [0.25, 0.3) is 0 Å². The molecule has 0 unspecified atom stereocenters. The molecule has 6 nitrogen and oxygen atoms in total. The Morgan fingerprint density at radius 3 is 2.37 bits per heavy atom. The highest BCUT2D eigenvalue weighted by Gasteiger charge is 2.10. The van der Waals surface area contributed by atoms with Crippen molar-refractivity contribution in [2.45, 2.75) is 20.8 Å². The fraction of sp³-hybridized carbons (Fsp3) is 0.250. The number of amides is 2. The van der Waals surface area contributed by atoms with Crippen molar-refractivity contribution in [3.63, 3.8) is 0 Å². The monoisotopic (exact) mass is 385 g/mol. The minimum Gasteiger partial charge on any atom is -0.493 e. The van der Waals surface area contributed by atoms with Crippen LogP contribution < -0.4 is 20.9 Å². The molecule has 0 radical (unpaired) electrons. The van der Waals surface area contributed by atoms with Crippen molar-refractivity contribution < 1.29 is 14.3 Å². The first-order chi connectivity index (χ1) is 12.8. The van der Waals surface area contributed by atoms with Crippen LogP contribution in [0.4, 0.5) is 0 Å². The van der Waals surface area contributed by atoms with E-state index in [1.165, 1.54) is 0 Å². The molecule has 2 rings (SSSR count). The van der Waals surface area contributed by atoms with E-state index in [-0.39, 0.29) is 11.0 Å². The summed E-state index contributed by atoms with van der Waals surface area (Å²) < 4.78 is 5.61. The summed E-state index contributed by atoms with van der Waals surface area (Å²) in [7, 11) is 0. The maximum absolute atomic E-state index is 12.3. The van der Waals surface area contributed by atoms with E-state index in [2.05, 4.69) is 16.2 Å². The molecule has 2 amide bonds. The fourth-order valence-corrected chi connectivity index (χ4v) is 2.23. The zero-order chi connectivity index (χ0) is 19.8. The molecule has 2 aromatic carbocycles. The molecule has 3 N–H and O–H groups in total. The van der Waals surface area contributed by atoms with Gasteiger partial charge in [0.15, 0.2) is 5.11 Å². The molecule has 0 fully saturated rings. The molecule has 0 saturated carbocycles. The van der Waals surface area contributed by atoms with Crippen molar-refractivity contribution in [2.24, 2.45) is 5.92 Å². The minimum atomic E-state index is -0.396. The van der Waals surface area contributed by atoms with Gasteiger partial charge >= 0.3 is 0 Å². The topological polar surface area (TPSA) is 79.5 Å². The van der Waals surface area contributed by atoms with Crippen molar-refractivity contribution in [3.05, 3.63) is 65.2 Å². The maximum atomic E-state index is 12.3. The average molecular weight is 385 g/mol. The first-order valence-corrected chi connectivity index (χ1v) is 8.97. The van der Waals surface area contributed by atoms with Gasteiger partial charge in [0, 0.05) is 11.1 Å². The van der Waals surface area contributed by atoms with E-state index in [0.29, 0.717) is 29.4 Å². The predicted octanol–water partition coefficient (Wildman–Crippen LogP) is 2.98. The fourth-order valence-electron chi connectivity index (χ4n) is 2.09. The van der Waals surface area contributed by atoms with Crippen LogP contribution in [0.2, 0.25) is 0 Å². The summed E-state index contributed by atoms with van der Waals surface area (Å²) in [6.07, 6.45) is 0. The van der Waals surface area contributed by atoms with Gasteiger partial charge in [0.2, 0.25) is 0 Å². The van der Waals surface area contributed by atoms with E-state index < -0.39 is 5.91 Å². The van der Waals surface area contributed by atoms with Crippen molar-refractivity contribution in [1.82, 2.24) is 16.2 Å². The molecule has 0 atom stereocenters. The van der Waals surface area contributed by atoms with Gasteiger partial charge in [-0.2, -0.15) is 0 Å². The lowest BCUT2D eigenvalue weighted by Crippen LogP contribution is -2.48. The summed E-state index contributed by atoms with van der Waals surface area (Å²) in [4.78, 5) is 24.3. The van der Waals surface area contributed by atoms with Crippen molar-refractivity contribution in [1.29, 1.82) is 0 Å². The molecule has 0 aliphatic carbocycles.